The number of aliphatic imine (C=N–C) groups is 1. The van der Waals surface area contributed by atoms with E-state index in [-0.39, 0.29) is 0 Å². The standard InChI is InChI=1S/C23H34N2.C3H6.C2H2/c1-18-9-11-21(12-10-18)17-25-14-13-22(19(2)16-25)23(24-3)15-20-7-5-4-6-8-20;1-3-2;1-2/h9-12,20H,4-8,13-17H2,1-3H3;3H,1H2,2H3;1-2H. The van der Waals surface area contributed by atoms with Gasteiger partial charge in [0.1, 0.15) is 0 Å². The highest BCUT2D eigenvalue weighted by Crippen LogP contribution is 2.30. The summed E-state index contributed by atoms with van der Waals surface area (Å²) in [6.07, 6.45) is 19.2. The summed E-state index contributed by atoms with van der Waals surface area (Å²) >= 11 is 0. The highest BCUT2D eigenvalue weighted by atomic mass is 15.1. The van der Waals surface area contributed by atoms with Crippen LogP contribution in [0.5, 0.6) is 0 Å². The molecule has 0 radical (unpaired) electrons. The maximum absolute atomic E-state index is 4.72. The average Bonchev–Trinajstić information content (AvgIpc) is 2.77. The highest BCUT2D eigenvalue weighted by molar-refractivity contribution is 6.01. The Morgan fingerprint density at radius 1 is 1.13 bits per heavy atom. The van der Waals surface area contributed by atoms with Crippen molar-refractivity contribution in [1.82, 2.24) is 4.90 Å². The second kappa shape index (κ2) is 14.8. The van der Waals surface area contributed by atoms with E-state index >= 15 is 0 Å². The lowest BCUT2D eigenvalue weighted by Gasteiger charge is -2.31. The normalized spacial score (nSPS) is 18.0. The van der Waals surface area contributed by atoms with E-state index in [1.54, 1.807) is 11.6 Å². The van der Waals surface area contributed by atoms with Gasteiger partial charge in [0.2, 0.25) is 0 Å². The van der Waals surface area contributed by atoms with Crippen molar-refractivity contribution in [3.05, 3.63) is 59.2 Å². The van der Waals surface area contributed by atoms with E-state index in [0.29, 0.717) is 0 Å². The maximum atomic E-state index is 4.72. The molecule has 2 heteroatoms. The summed E-state index contributed by atoms with van der Waals surface area (Å²) in [5.74, 6) is 0.873. The number of nitrogens with zero attached hydrogens (tertiary/aromatic N) is 2. The Morgan fingerprint density at radius 3 is 2.27 bits per heavy atom. The third-order valence-corrected chi connectivity index (χ3v) is 6.01. The number of allylic oxidation sites excluding steroid dienone is 1. The number of benzene rings is 1. The number of terminal acetylenes is 1. The molecule has 0 unspecified atom stereocenters. The van der Waals surface area contributed by atoms with Gasteiger partial charge in [0, 0.05) is 32.4 Å². The van der Waals surface area contributed by atoms with E-state index in [1.807, 2.05) is 14.0 Å². The van der Waals surface area contributed by atoms with E-state index in [0.717, 1.165) is 32.0 Å². The van der Waals surface area contributed by atoms with Gasteiger partial charge in [-0.1, -0.05) is 73.6 Å². The summed E-state index contributed by atoms with van der Waals surface area (Å²) in [4.78, 5) is 7.30. The number of rotatable bonds is 5. The van der Waals surface area contributed by atoms with Crippen LogP contribution < -0.4 is 0 Å². The molecule has 1 aromatic carbocycles. The Labute approximate surface area is 186 Å². The molecule has 2 aliphatic rings. The molecular formula is C28H42N2. The third kappa shape index (κ3) is 8.72. The van der Waals surface area contributed by atoms with Crippen LogP contribution in [0.15, 0.2) is 53.1 Å². The predicted octanol–water partition coefficient (Wildman–Crippen LogP) is 7.00. The third-order valence-electron chi connectivity index (χ3n) is 6.01. The zero-order valence-corrected chi connectivity index (χ0v) is 19.8. The lowest BCUT2D eigenvalue weighted by Crippen LogP contribution is -2.32. The van der Waals surface area contributed by atoms with Crippen LogP contribution in [0.1, 0.15) is 69.9 Å². The smallest absolute Gasteiger partial charge is 0.0379 e. The largest absolute Gasteiger partial charge is 0.295 e. The van der Waals surface area contributed by atoms with Gasteiger partial charge in [-0.25, -0.2) is 0 Å². The van der Waals surface area contributed by atoms with E-state index < -0.39 is 0 Å². The SMILES string of the molecule is C#C.C=CC.CN=C(CC1CCCCC1)C1=C(C)CN(Cc2ccc(C)cc2)CC1. The van der Waals surface area contributed by atoms with Gasteiger partial charge in [-0.2, -0.15) is 0 Å². The van der Waals surface area contributed by atoms with Crippen molar-refractivity contribution in [1.29, 1.82) is 0 Å². The minimum Gasteiger partial charge on any atom is -0.295 e. The molecule has 30 heavy (non-hydrogen) atoms. The Bertz CT molecular complexity index is 700. The van der Waals surface area contributed by atoms with Crippen molar-refractivity contribution in [2.24, 2.45) is 10.9 Å². The van der Waals surface area contributed by atoms with E-state index in [2.05, 4.69) is 62.4 Å². The van der Waals surface area contributed by atoms with Gasteiger partial charge in [-0.05, 0) is 50.7 Å². The summed E-state index contributed by atoms with van der Waals surface area (Å²) in [7, 11) is 2.00. The van der Waals surface area contributed by atoms with Crippen molar-refractivity contribution in [3.63, 3.8) is 0 Å². The van der Waals surface area contributed by atoms with Gasteiger partial charge in [-0.3, -0.25) is 9.89 Å². The number of hydrogen-bond donors (Lipinski definition) is 0. The fourth-order valence-electron chi connectivity index (χ4n) is 4.48. The fourth-order valence-corrected chi connectivity index (χ4v) is 4.48. The highest BCUT2D eigenvalue weighted by Gasteiger charge is 2.22. The minimum atomic E-state index is 0.873. The monoisotopic (exact) mass is 406 g/mol. The predicted molar refractivity (Wildman–Crippen MR) is 134 cm³/mol. The van der Waals surface area contributed by atoms with Gasteiger partial charge in [-0.15, -0.1) is 19.4 Å². The lowest BCUT2D eigenvalue weighted by atomic mass is 9.82. The fraction of sp³-hybridized carbons (Fsp3) is 0.536. The number of aryl methyl sites for hydroxylation is 1. The summed E-state index contributed by atoms with van der Waals surface area (Å²) in [5.41, 5.74) is 7.27. The van der Waals surface area contributed by atoms with Crippen LogP contribution >= 0.6 is 0 Å². The molecule has 0 atom stereocenters. The molecule has 1 heterocycles. The van der Waals surface area contributed by atoms with Gasteiger partial charge < -0.3 is 0 Å². The molecule has 1 aliphatic heterocycles. The first-order valence-electron chi connectivity index (χ1n) is 11.4. The van der Waals surface area contributed by atoms with Gasteiger partial charge >= 0.3 is 0 Å². The topological polar surface area (TPSA) is 15.6 Å². The minimum absolute atomic E-state index is 0.873. The molecule has 0 aromatic heterocycles. The molecular weight excluding hydrogens is 364 g/mol. The van der Waals surface area contributed by atoms with Crippen molar-refractivity contribution in [2.45, 2.75) is 72.3 Å². The van der Waals surface area contributed by atoms with Crippen LogP contribution in [0, 0.1) is 25.7 Å². The second-order valence-electron chi connectivity index (χ2n) is 8.49. The molecule has 2 nitrogen and oxygen atoms in total. The van der Waals surface area contributed by atoms with Crippen LogP contribution in [-0.2, 0) is 6.54 Å². The van der Waals surface area contributed by atoms with Crippen LogP contribution in [-0.4, -0.2) is 30.7 Å². The maximum Gasteiger partial charge on any atom is 0.0379 e. The Hall–Kier alpha value is -2.11. The van der Waals surface area contributed by atoms with E-state index in [1.165, 1.54) is 60.9 Å². The Morgan fingerprint density at radius 2 is 1.73 bits per heavy atom. The van der Waals surface area contributed by atoms with Gasteiger partial charge in [0.15, 0.2) is 0 Å². The molecule has 0 bridgehead atoms. The molecule has 1 fully saturated rings. The van der Waals surface area contributed by atoms with Crippen LogP contribution in [0.3, 0.4) is 0 Å². The first kappa shape index (κ1) is 25.9. The first-order valence-corrected chi connectivity index (χ1v) is 11.4. The van der Waals surface area contributed by atoms with Crippen LogP contribution in [0.25, 0.3) is 0 Å². The summed E-state index contributed by atoms with van der Waals surface area (Å²) in [6.45, 7) is 13.0. The molecule has 164 valence electrons. The molecule has 3 rings (SSSR count). The summed E-state index contributed by atoms with van der Waals surface area (Å²) in [6, 6.07) is 8.98. The molecule has 0 N–H and O–H groups in total. The molecule has 1 saturated carbocycles. The van der Waals surface area contributed by atoms with E-state index in [4.69, 9.17) is 4.99 Å². The quantitative estimate of drug-likeness (QED) is 0.292. The lowest BCUT2D eigenvalue weighted by molar-refractivity contribution is 0.279. The van der Waals surface area contributed by atoms with Crippen molar-refractivity contribution >= 4 is 5.71 Å². The zero-order valence-electron chi connectivity index (χ0n) is 19.8. The van der Waals surface area contributed by atoms with Crippen LogP contribution in [0.4, 0.5) is 0 Å². The first-order chi connectivity index (χ1) is 14.6. The molecule has 1 aromatic rings. The molecule has 0 saturated heterocycles. The second-order valence-corrected chi connectivity index (χ2v) is 8.49. The van der Waals surface area contributed by atoms with Gasteiger partial charge in [0.05, 0.1) is 0 Å². The molecule has 1 aliphatic carbocycles. The van der Waals surface area contributed by atoms with Crippen molar-refractivity contribution in [2.75, 3.05) is 20.1 Å². The Kier molecular flexibility index (Phi) is 12.8. The summed E-state index contributed by atoms with van der Waals surface area (Å²) in [5, 5.41) is 0. The van der Waals surface area contributed by atoms with Crippen LogP contribution in [0.2, 0.25) is 0 Å². The van der Waals surface area contributed by atoms with Gasteiger partial charge in [0.25, 0.3) is 0 Å². The molecule has 0 amide bonds. The molecule has 0 spiro atoms. The number of hydrogen-bond acceptors (Lipinski definition) is 2. The Balaban J connectivity index is 0.000000826. The van der Waals surface area contributed by atoms with Crippen molar-refractivity contribution in [3.8, 4) is 12.8 Å². The van der Waals surface area contributed by atoms with E-state index in [9.17, 15) is 0 Å². The zero-order chi connectivity index (χ0) is 22.4. The summed E-state index contributed by atoms with van der Waals surface area (Å²) < 4.78 is 0. The van der Waals surface area contributed by atoms with Crippen molar-refractivity contribution < 1.29 is 0 Å². The average molecular weight is 407 g/mol.